The summed E-state index contributed by atoms with van der Waals surface area (Å²) in [6.45, 7) is 16.4. The molecule has 0 aliphatic heterocycles. The zero-order valence-corrected chi connectivity index (χ0v) is 10.6. The lowest BCUT2D eigenvalue weighted by Gasteiger charge is -1.68. The molecule has 0 rings (SSSR count). The SMILES string of the molecule is CC.CC.CC=CC.CCCC. The molecule has 0 heteroatoms. The first-order valence-corrected chi connectivity index (χ1v) is 5.40. The molecular weight excluding hydrogens is 144 g/mol. The Morgan fingerprint density at radius 1 is 0.667 bits per heavy atom. The lowest BCUT2D eigenvalue weighted by molar-refractivity contribution is 0.886. The van der Waals surface area contributed by atoms with Crippen molar-refractivity contribution in [1.29, 1.82) is 0 Å². The summed E-state index contributed by atoms with van der Waals surface area (Å²) in [6, 6.07) is 0. The number of allylic oxidation sites excluding steroid dienone is 2. The maximum atomic E-state index is 2.18. The highest BCUT2D eigenvalue weighted by atomic mass is 13.6. The van der Waals surface area contributed by atoms with E-state index in [0.29, 0.717) is 0 Å². The van der Waals surface area contributed by atoms with Crippen LogP contribution in [0.5, 0.6) is 0 Å². The summed E-state index contributed by atoms with van der Waals surface area (Å²) in [4.78, 5) is 0. The fraction of sp³-hybridized carbons (Fsp3) is 0.833. The van der Waals surface area contributed by atoms with Gasteiger partial charge in [-0.25, -0.2) is 0 Å². The van der Waals surface area contributed by atoms with E-state index >= 15 is 0 Å². The zero-order valence-electron chi connectivity index (χ0n) is 10.6. The van der Waals surface area contributed by atoms with Gasteiger partial charge >= 0.3 is 0 Å². The van der Waals surface area contributed by atoms with Crippen molar-refractivity contribution in [1.82, 2.24) is 0 Å². The van der Waals surface area contributed by atoms with Gasteiger partial charge in [0.1, 0.15) is 0 Å². The van der Waals surface area contributed by atoms with Gasteiger partial charge in [-0.05, 0) is 13.8 Å². The average molecular weight is 174 g/mol. The molecule has 0 radical (unpaired) electrons. The number of hydrogen-bond acceptors (Lipinski definition) is 0. The van der Waals surface area contributed by atoms with Crippen molar-refractivity contribution in [3.05, 3.63) is 12.2 Å². The minimum absolute atomic E-state index is 1.32. The lowest BCUT2D eigenvalue weighted by Crippen LogP contribution is -1.47. The normalized spacial score (nSPS) is 6.67. The molecule has 0 bridgehead atoms. The van der Waals surface area contributed by atoms with Gasteiger partial charge in [-0.3, -0.25) is 0 Å². The first kappa shape index (κ1) is 22.6. The number of hydrogen-bond donors (Lipinski definition) is 0. The molecule has 0 nitrogen and oxygen atoms in total. The molecule has 0 aromatic heterocycles. The van der Waals surface area contributed by atoms with Crippen molar-refractivity contribution in [3.63, 3.8) is 0 Å². The fourth-order valence-electron chi connectivity index (χ4n) is 0. The standard InChI is InChI=1S/C4H10.C4H8.2C2H6/c2*1-3-4-2;2*1-2/h3-4H2,1-2H3;3-4H,1-2H3;2*1-2H3. The van der Waals surface area contributed by atoms with E-state index in [0.717, 1.165) is 0 Å². The third-order valence-electron chi connectivity index (χ3n) is 0.833. The van der Waals surface area contributed by atoms with Gasteiger partial charge < -0.3 is 0 Å². The minimum atomic E-state index is 1.32. The highest BCUT2D eigenvalue weighted by molar-refractivity contribution is 4.68. The summed E-state index contributed by atoms with van der Waals surface area (Å²) in [5.41, 5.74) is 0. The third-order valence-corrected chi connectivity index (χ3v) is 0.833. The molecule has 0 aromatic rings. The van der Waals surface area contributed by atoms with Crippen molar-refractivity contribution < 1.29 is 0 Å². The minimum Gasteiger partial charge on any atom is -0.0919 e. The number of unbranched alkanes of at least 4 members (excludes halogenated alkanes) is 1. The Hall–Kier alpha value is -0.260. The first-order chi connectivity index (χ1) is 5.83. The molecule has 0 aliphatic rings. The highest BCUT2D eigenvalue weighted by Gasteiger charge is 1.56. The second-order valence-electron chi connectivity index (χ2n) is 1.67. The molecule has 0 heterocycles. The van der Waals surface area contributed by atoms with Crippen LogP contribution >= 0.6 is 0 Å². The fourth-order valence-corrected chi connectivity index (χ4v) is 0. The second-order valence-corrected chi connectivity index (χ2v) is 1.67. The van der Waals surface area contributed by atoms with Gasteiger partial charge in [0, 0.05) is 0 Å². The smallest absolute Gasteiger partial charge is 0.0470 e. The Bertz CT molecular complexity index is 29.3. The van der Waals surface area contributed by atoms with Crippen molar-refractivity contribution in [2.24, 2.45) is 0 Å². The Morgan fingerprint density at radius 3 is 0.833 bits per heavy atom. The molecule has 12 heavy (non-hydrogen) atoms. The van der Waals surface area contributed by atoms with Crippen LogP contribution in [-0.4, -0.2) is 0 Å². The zero-order chi connectivity index (χ0) is 10.8. The Balaban J connectivity index is -0.0000000380. The number of rotatable bonds is 1. The molecule has 0 spiro atoms. The molecule has 0 unspecified atom stereocenters. The van der Waals surface area contributed by atoms with E-state index in [-0.39, 0.29) is 0 Å². The van der Waals surface area contributed by atoms with Crippen LogP contribution in [0.4, 0.5) is 0 Å². The van der Waals surface area contributed by atoms with Gasteiger partial charge in [0.25, 0.3) is 0 Å². The van der Waals surface area contributed by atoms with Crippen molar-refractivity contribution in [3.8, 4) is 0 Å². The average Bonchev–Trinajstić information content (AvgIpc) is 2.23. The molecule has 78 valence electrons. The first-order valence-electron chi connectivity index (χ1n) is 5.40. The van der Waals surface area contributed by atoms with Crippen molar-refractivity contribution in [2.75, 3.05) is 0 Å². The van der Waals surface area contributed by atoms with Crippen LogP contribution < -0.4 is 0 Å². The van der Waals surface area contributed by atoms with E-state index in [9.17, 15) is 0 Å². The van der Waals surface area contributed by atoms with Crippen molar-refractivity contribution in [2.45, 2.75) is 68.2 Å². The highest BCUT2D eigenvalue weighted by Crippen LogP contribution is 1.76. The van der Waals surface area contributed by atoms with Crippen LogP contribution in [0.25, 0.3) is 0 Å². The van der Waals surface area contributed by atoms with Crippen LogP contribution in [0, 0.1) is 0 Å². The predicted molar refractivity (Wildman–Crippen MR) is 63.8 cm³/mol. The quantitative estimate of drug-likeness (QED) is 0.464. The van der Waals surface area contributed by atoms with Crippen molar-refractivity contribution >= 4 is 0 Å². The van der Waals surface area contributed by atoms with E-state index in [1.807, 2.05) is 53.7 Å². The largest absolute Gasteiger partial charge is 0.0919 e. The van der Waals surface area contributed by atoms with E-state index in [1.54, 1.807) is 0 Å². The summed E-state index contributed by atoms with van der Waals surface area (Å²) < 4.78 is 0. The molecule has 0 fully saturated rings. The summed E-state index contributed by atoms with van der Waals surface area (Å²) >= 11 is 0. The van der Waals surface area contributed by atoms with E-state index < -0.39 is 0 Å². The van der Waals surface area contributed by atoms with Gasteiger partial charge in [-0.15, -0.1) is 0 Å². The molecule has 0 amide bonds. The Kier molecular flexibility index (Phi) is 137. The molecule has 0 aliphatic carbocycles. The van der Waals surface area contributed by atoms with Crippen LogP contribution in [0.3, 0.4) is 0 Å². The molecule has 0 saturated carbocycles. The van der Waals surface area contributed by atoms with Crippen LogP contribution in [0.1, 0.15) is 68.2 Å². The maximum Gasteiger partial charge on any atom is -0.0470 e. The summed E-state index contributed by atoms with van der Waals surface area (Å²) in [6.07, 6.45) is 6.64. The summed E-state index contributed by atoms with van der Waals surface area (Å²) in [5, 5.41) is 0. The van der Waals surface area contributed by atoms with E-state index in [4.69, 9.17) is 0 Å². The Labute approximate surface area is 81.1 Å². The second kappa shape index (κ2) is 72.8. The van der Waals surface area contributed by atoms with E-state index in [2.05, 4.69) is 13.8 Å². The topological polar surface area (TPSA) is 0 Å². The molecular formula is C12H30. The van der Waals surface area contributed by atoms with E-state index in [1.165, 1.54) is 12.8 Å². The maximum absolute atomic E-state index is 2.18. The molecule has 0 saturated heterocycles. The van der Waals surface area contributed by atoms with Crippen LogP contribution in [-0.2, 0) is 0 Å². The summed E-state index contributed by atoms with van der Waals surface area (Å²) in [7, 11) is 0. The van der Waals surface area contributed by atoms with Gasteiger partial charge in [-0.2, -0.15) is 0 Å². The van der Waals surface area contributed by atoms with Gasteiger partial charge in [0.15, 0.2) is 0 Å². The van der Waals surface area contributed by atoms with Gasteiger partial charge in [-0.1, -0.05) is 66.5 Å². The van der Waals surface area contributed by atoms with Crippen LogP contribution in [0.15, 0.2) is 12.2 Å². The third kappa shape index (κ3) is 246. The molecule has 0 N–H and O–H groups in total. The monoisotopic (exact) mass is 174 g/mol. The Morgan fingerprint density at radius 2 is 0.833 bits per heavy atom. The molecule has 0 atom stereocenters. The van der Waals surface area contributed by atoms with Gasteiger partial charge in [0.05, 0.1) is 0 Å². The van der Waals surface area contributed by atoms with Crippen LogP contribution in [0.2, 0.25) is 0 Å². The van der Waals surface area contributed by atoms with Gasteiger partial charge in [0.2, 0.25) is 0 Å². The molecule has 0 aromatic carbocycles. The predicted octanol–water partition coefficient (Wildman–Crippen LogP) is 5.44. The summed E-state index contributed by atoms with van der Waals surface area (Å²) in [5.74, 6) is 0. The lowest BCUT2D eigenvalue weighted by atomic mass is 10.4.